The highest BCUT2D eigenvalue weighted by atomic mass is 16.2. The molecule has 3 N–H and O–H groups in total. The predicted molar refractivity (Wildman–Crippen MR) is 106 cm³/mol. The van der Waals surface area contributed by atoms with Gasteiger partial charge in [-0.15, -0.1) is 0 Å². The van der Waals surface area contributed by atoms with Gasteiger partial charge >= 0.3 is 0 Å². The van der Waals surface area contributed by atoms with Crippen LogP contribution >= 0.6 is 0 Å². The van der Waals surface area contributed by atoms with Gasteiger partial charge in [0.05, 0.1) is 6.54 Å². The van der Waals surface area contributed by atoms with Crippen LogP contribution < -0.4 is 11.1 Å². The SMILES string of the molecule is Cc1cccc(CNC(=O)CN2CCC(c3ccccc3CN)CC2)c1. The zero-order chi connectivity index (χ0) is 18.4. The van der Waals surface area contributed by atoms with Crippen molar-refractivity contribution in [3.63, 3.8) is 0 Å². The van der Waals surface area contributed by atoms with E-state index in [0.29, 0.717) is 25.6 Å². The Morgan fingerprint density at radius 1 is 1.15 bits per heavy atom. The smallest absolute Gasteiger partial charge is 0.234 e. The molecule has 0 saturated carbocycles. The fourth-order valence-electron chi connectivity index (χ4n) is 3.80. The first-order valence-corrected chi connectivity index (χ1v) is 9.48. The van der Waals surface area contributed by atoms with Crippen LogP contribution in [0.5, 0.6) is 0 Å². The molecule has 138 valence electrons. The molecule has 1 amide bonds. The predicted octanol–water partition coefficient (Wildman–Crippen LogP) is 2.95. The third kappa shape index (κ3) is 4.93. The van der Waals surface area contributed by atoms with Crippen LogP contribution in [0.4, 0.5) is 0 Å². The van der Waals surface area contributed by atoms with E-state index in [-0.39, 0.29) is 5.91 Å². The Balaban J connectivity index is 1.45. The molecule has 0 spiro atoms. The molecule has 1 heterocycles. The number of rotatable bonds is 6. The molecule has 4 heteroatoms. The average Bonchev–Trinajstić information content (AvgIpc) is 2.67. The molecule has 0 aliphatic carbocycles. The number of carbonyl (C=O) groups is 1. The lowest BCUT2D eigenvalue weighted by Gasteiger charge is -2.32. The Bertz CT molecular complexity index is 736. The number of benzene rings is 2. The maximum Gasteiger partial charge on any atom is 0.234 e. The monoisotopic (exact) mass is 351 g/mol. The van der Waals surface area contributed by atoms with E-state index in [1.807, 2.05) is 12.1 Å². The number of amides is 1. The van der Waals surface area contributed by atoms with Crippen LogP contribution in [0.1, 0.15) is 41.0 Å². The number of aryl methyl sites for hydroxylation is 1. The lowest BCUT2D eigenvalue weighted by atomic mass is 9.86. The first-order chi connectivity index (χ1) is 12.7. The van der Waals surface area contributed by atoms with Gasteiger partial charge in [-0.2, -0.15) is 0 Å². The highest BCUT2D eigenvalue weighted by molar-refractivity contribution is 5.78. The minimum absolute atomic E-state index is 0.104. The van der Waals surface area contributed by atoms with E-state index in [1.54, 1.807) is 0 Å². The summed E-state index contributed by atoms with van der Waals surface area (Å²) in [7, 11) is 0. The molecule has 2 aromatic carbocycles. The van der Waals surface area contributed by atoms with E-state index in [2.05, 4.69) is 53.5 Å². The molecule has 1 saturated heterocycles. The van der Waals surface area contributed by atoms with E-state index in [1.165, 1.54) is 16.7 Å². The van der Waals surface area contributed by atoms with Crippen molar-refractivity contribution in [3.05, 3.63) is 70.8 Å². The summed E-state index contributed by atoms with van der Waals surface area (Å²) in [5.41, 5.74) is 10.9. The Morgan fingerprint density at radius 3 is 2.65 bits per heavy atom. The minimum atomic E-state index is 0.104. The van der Waals surface area contributed by atoms with Gasteiger partial charge in [0.1, 0.15) is 0 Å². The van der Waals surface area contributed by atoms with E-state index in [4.69, 9.17) is 5.73 Å². The molecule has 4 nitrogen and oxygen atoms in total. The molecule has 0 aromatic heterocycles. The molecule has 0 atom stereocenters. The first kappa shape index (κ1) is 18.6. The average molecular weight is 351 g/mol. The molecule has 26 heavy (non-hydrogen) atoms. The summed E-state index contributed by atoms with van der Waals surface area (Å²) in [5, 5.41) is 3.04. The van der Waals surface area contributed by atoms with Gasteiger partial charge in [-0.1, -0.05) is 54.1 Å². The first-order valence-electron chi connectivity index (χ1n) is 9.48. The zero-order valence-electron chi connectivity index (χ0n) is 15.6. The van der Waals surface area contributed by atoms with Crippen LogP contribution in [-0.2, 0) is 17.9 Å². The minimum Gasteiger partial charge on any atom is -0.351 e. The van der Waals surface area contributed by atoms with Gasteiger partial charge in [-0.3, -0.25) is 9.69 Å². The number of nitrogens with zero attached hydrogens (tertiary/aromatic N) is 1. The topological polar surface area (TPSA) is 58.4 Å². The van der Waals surface area contributed by atoms with Crippen molar-refractivity contribution < 1.29 is 4.79 Å². The van der Waals surface area contributed by atoms with Crippen LogP contribution in [0.3, 0.4) is 0 Å². The highest BCUT2D eigenvalue weighted by Crippen LogP contribution is 2.30. The van der Waals surface area contributed by atoms with Gasteiger partial charge < -0.3 is 11.1 Å². The quantitative estimate of drug-likeness (QED) is 0.841. The largest absolute Gasteiger partial charge is 0.351 e. The Hall–Kier alpha value is -2.17. The van der Waals surface area contributed by atoms with Crippen LogP contribution in [-0.4, -0.2) is 30.4 Å². The number of hydrogen-bond acceptors (Lipinski definition) is 3. The van der Waals surface area contributed by atoms with E-state index in [9.17, 15) is 4.79 Å². The maximum absolute atomic E-state index is 12.3. The summed E-state index contributed by atoms with van der Waals surface area (Å²) in [6.45, 7) is 5.66. The third-order valence-corrected chi connectivity index (χ3v) is 5.24. The van der Waals surface area contributed by atoms with Crippen molar-refractivity contribution in [1.29, 1.82) is 0 Å². The van der Waals surface area contributed by atoms with Crippen molar-refractivity contribution in [2.45, 2.75) is 38.8 Å². The van der Waals surface area contributed by atoms with E-state index < -0.39 is 0 Å². The number of nitrogens with one attached hydrogen (secondary N) is 1. The standard InChI is InChI=1S/C22H29N3O/c1-17-5-4-6-18(13-17)15-24-22(26)16-25-11-9-19(10-12-25)21-8-3-2-7-20(21)14-23/h2-8,13,19H,9-12,14-16,23H2,1H3,(H,24,26). The lowest BCUT2D eigenvalue weighted by molar-refractivity contribution is -0.122. The number of nitrogens with two attached hydrogens (primary N) is 1. The number of hydrogen-bond donors (Lipinski definition) is 2. The normalized spacial score (nSPS) is 15.8. The summed E-state index contributed by atoms with van der Waals surface area (Å²) in [5.74, 6) is 0.661. The van der Waals surface area contributed by atoms with Crippen molar-refractivity contribution in [1.82, 2.24) is 10.2 Å². The van der Waals surface area contributed by atoms with Crippen LogP contribution in [0.15, 0.2) is 48.5 Å². The Morgan fingerprint density at radius 2 is 1.92 bits per heavy atom. The second kappa shape index (κ2) is 8.97. The van der Waals surface area contributed by atoms with Crippen LogP contribution in [0.25, 0.3) is 0 Å². The lowest BCUT2D eigenvalue weighted by Crippen LogP contribution is -2.41. The summed E-state index contributed by atoms with van der Waals surface area (Å²) < 4.78 is 0. The van der Waals surface area contributed by atoms with Crippen LogP contribution in [0.2, 0.25) is 0 Å². The van der Waals surface area contributed by atoms with E-state index in [0.717, 1.165) is 31.5 Å². The molecule has 0 unspecified atom stereocenters. The Kier molecular flexibility index (Phi) is 6.42. The fourth-order valence-corrected chi connectivity index (χ4v) is 3.80. The van der Waals surface area contributed by atoms with Crippen molar-refractivity contribution in [3.8, 4) is 0 Å². The second-order valence-electron chi connectivity index (χ2n) is 7.22. The summed E-state index contributed by atoms with van der Waals surface area (Å²) in [4.78, 5) is 14.5. The Labute approximate surface area is 156 Å². The molecule has 2 aromatic rings. The summed E-state index contributed by atoms with van der Waals surface area (Å²) in [6, 6.07) is 16.7. The number of carbonyl (C=O) groups excluding carboxylic acids is 1. The molecule has 1 fully saturated rings. The van der Waals surface area contributed by atoms with Gasteiger partial charge in [0.25, 0.3) is 0 Å². The maximum atomic E-state index is 12.3. The molecule has 3 rings (SSSR count). The van der Waals surface area contributed by atoms with Crippen molar-refractivity contribution >= 4 is 5.91 Å². The second-order valence-corrected chi connectivity index (χ2v) is 7.22. The summed E-state index contributed by atoms with van der Waals surface area (Å²) >= 11 is 0. The number of likely N-dealkylation sites (tertiary alicyclic amines) is 1. The molecule has 0 bridgehead atoms. The molecular formula is C22H29N3O. The summed E-state index contributed by atoms with van der Waals surface area (Å²) in [6.07, 6.45) is 2.17. The van der Waals surface area contributed by atoms with Gasteiger partial charge in [0.2, 0.25) is 5.91 Å². The zero-order valence-corrected chi connectivity index (χ0v) is 15.6. The van der Waals surface area contributed by atoms with Crippen LogP contribution in [0, 0.1) is 6.92 Å². The van der Waals surface area contributed by atoms with E-state index >= 15 is 0 Å². The number of piperidine rings is 1. The van der Waals surface area contributed by atoms with Gasteiger partial charge in [0, 0.05) is 13.1 Å². The molecule has 1 aliphatic heterocycles. The van der Waals surface area contributed by atoms with Gasteiger partial charge in [0.15, 0.2) is 0 Å². The highest BCUT2D eigenvalue weighted by Gasteiger charge is 2.23. The van der Waals surface area contributed by atoms with Gasteiger partial charge in [-0.25, -0.2) is 0 Å². The third-order valence-electron chi connectivity index (χ3n) is 5.24. The van der Waals surface area contributed by atoms with Crippen molar-refractivity contribution in [2.24, 2.45) is 5.73 Å². The molecule has 1 aliphatic rings. The fraction of sp³-hybridized carbons (Fsp3) is 0.409. The van der Waals surface area contributed by atoms with Crippen molar-refractivity contribution in [2.75, 3.05) is 19.6 Å². The molecule has 0 radical (unpaired) electrons. The van der Waals surface area contributed by atoms with Gasteiger partial charge in [-0.05, 0) is 55.5 Å². The molecular weight excluding hydrogens is 322 g/mol.